The molecule has 2 aliphatic heterocycles. The Kier molecular flexibility index (Phi) is 3.31. The summed E-state index contributed by atoms with van der Waals surface area (Å²) in [4.78, 5) is 25.5. The van der Waals surface area contributed by atoms with Crippen molar-refractivity contribution in [3.05, 3.63) is 0 Å². The topological polar surface area (TPSA) is 55.8 Å². The molecule has 0 aromatic carbocycles. The van der Waals surface area contributed by atoms with E-state index >= 15 is 0 Å². The molecular formula is C16H23NO4. The van der Waals surface area contributed by atoms with Crippen molar-refractivity contribution in [2.75, 3.05) is 19.7 Å². The maximum absolute atomic E-state index is 12.0. The fourth-order valence-corrected chi connectivity index (χ4v) is 4.93. The van der Waals surface area contributed by atoms with E-state index in [2.05, 4.69) is 0 Å². The lowest BCUT2D eigenvalue weighted by Gasteiger charge is -2.27. The van der Waals surface area contributed by atoms with Crippen LogP contribution in [0, 0.1) is 23.7 Å². The van der Waals surface area contributed by atoms with E-state index in [9.17, 15) is 9.59 Å². The van der Waals surface area contributed by atoms with E-state index in [4.69, 9.17) is 9.47 Å². The average molecular weight is 293 g/mol. The Morgan fingerprint density at radius 3 is 2.86 bits per heavy atom. The van der Waals surface area contributed by atoms with Crippen LogP contribution in [0.3, 0.4) is 0 Å². The first-order chi connectivity index (χ1) is 10.2. The largest absolute Gasteiger partial charge is 0.462 e. The smallest absolute Gasteiger partial charge is 0.409 e. The van der Waals surface area contributed by atoms with E-state index in [1.807, 2.05) is 4.90 Å². The van der Waals surface area contributed by atoms with Crippen LogP contribution in [0.2, 0.25) is 0 Å². The van der Waals surface area contributed by atoms with Crippen LogP contribution in [0.1, 0.15) is 38.5 Å². The minimum atomic E-state index is -0.167. The van der Waals surface area contributed by atoms with Gasteiger partial charge in [-0.15, -0.1) is 0 Å². The Balaban J connectivity index is 1.26. The first-order valence-electron chi connectivity index (χ1n) is 8.36. The molecule has 0 N–H and O–H groups in total. The molecule has 5 atom stereocenters. The summed E-state index contributed by atoms with van der Waals surface area (Å²) in [5, 5.41) is 0. The predicted molar refractivity (Wildman–Crippen MR) is 74.5 cm³/mol. The van der Waals surface area contributed by atoms with Crippen molar-refractivity contribution in [3.63, 3.8) is 0 Å². The van der Waals surface area contributed by atoms with E-state index in [0.29, 0.717) is 24.4 Å². The summed E-state index contributed by atoms with van der Waals surface area (Å²) >= 11 is 0. The molecule has 116 valence electrons. The van der Waals surface area contributed by atoms with E-state index in [1.165, 1.54) is 6.42 Å². The number of fused-ring (bicyclic) bond motifs is 1. The number of hydrogen-bond acceptors (Lipinski definition) is 4. The van der Waals surface area contributed by atoms with Crippen LogP contribution in [-0.2, 0) is 14.3 Å². The van der Waals surface area contributed by atoms with Crippen LogP contribution in [0.25, 0.3) is 0 Å². The standard InChI is InChI=1S/C16H23NO4/c18-15-13-9-10-8-12(13)14(21-15)11(10)4-7-20-16(19)17-5-2-1-3-6-17/h10-14H,1-9H2. The second-order valence-corrected chi connectivity index (χ2v) is 7.02. The molecule has 0 aromatic rings. The molecule has 2 saturated heterocycles. The lowest BCUT2D eigenvalue weighted by atomic mass is 9.81. The number of hydrogen-bond donors (Lipinski definition) is 0. The van der Waals surface area contributed by atoms with Gasteiger partial charge in [-0.3, -0.25) is 4.79 Å². The molecule has 2 aliphatic carbocycles. The van der Waals surface area contributed by atoms with Crippen molar-refractivity contribution in [3.8, 4) is 0 Å². The number of amides is 1. The van der Waals surface area contributed by atoms with Crippen LogP contribution < -0.4 is 0 Å². The van der Waals surface area contributed by atoms with Crippen molar-refractivity contribution in [2.24, 2.45) is 23.7 Å². The van der Waals surface area contributed by atoms with Crippen molar-refractivity contribution >= 4 is 12.1 Å². The Morgan fingerprint density at radius 2 is 2.05 bits per heavy atom. The van der Waals surface area contributed by atoms with Gasteiger partial charge in [-0.25, -0.2) is 4.79 Å². The van der Waals surface area contributed by atoms with Gasteiger partial charge in [0.2, 0.25) is 0 Å². The van der Waals surface area contributed by atoms with Gasteiger partial charge >= 0.3 is 12.1 Å². The molecule has 5 nitrogen and oxygen atoms in total. The molecule has 4 rings (SSSR count). The third-order valence-electron chi connectivity index (χ3n) is 5.94. The number of esters is 1. The SMILES string of the molecule is O=C1OC2C(CCOC(=O)N3CCCCC3)C3CC1C2C3. The van der Waals surface area contributed by atoms with Crippen molar-refractivity contribution in [1.82, 2.24) is 4.90 Å². The lowest BCUT2D eigenvalue weighted by Crippen LogP contribution is -2.36. The van der Waals surface area contributed by atoms with Gasteiger partial charge in [0.05, 0.1) is 12.5 Å². The van der Waals surface area contributed by atoms with Crippen LogP contribution in [0.5, 0.6) is 0 Å². The Labute approximate surface area is 125 Å². The van der Waals surface area contributed by atoms with Gasteiger partial charge in [0, 0.05) is 24.9 Å². The first kappa shape index (κ1) is 13.4. The number of piperidine rings is 1. The molecule has 5 heteroatoms. The first-order valence-corrected chi connectivity index (χ1v) is 8.36. The zero-order valence-corrected chi connectivity index (χ0v) is 12.3. The summed E-state index contributed by atoms with van der Waals surface area (Å²) in [6.45, 7) is 2.12. The monoisotopic (exact) mass is 293 g/mol. The van der Waals surface area contributed by atoms with Crippen molar-refractivity contribution < 1.29 is 19.1 Å². The Bertz CT molecular complexity index is 446. The molecular weight excluding hydrogens is 270 g/mol. The van der Waals surface area contributed by atoms with Crippen molar-refractivity contribution in [2.45, 2.75) is 44.6 Å². The van der Waals surface area contributed by atoms with E-state index in [-0.39, 0.29) is 24.1 Å². The zero-order chi connectivity index (χ0) is 14.4. The summed E-state index contributed by atoms with van der Waals surface area (Å²) in [5.74, 6) is 1.65. The van der Waals surface area contributed by atoms with Crippen LogP contribution in [0.4, 0.5) is 4.79 Å². The average Bonchev–Trinajstić information content (AvgIpc) is 3.12. The minimum absolute atomic E-state index is 0.0142. The van der Waals surface area contributed by atoms with Gasteiger partial charge in [-0.05, 0) is 44.4 Å². The maximum Gasteiger partial charge on any atom is 0.409 e. The molecule has 2 heterocycles. The number of rotatable bonds is 3. The number of nitrogens with zero attached hydrogens (tertiary/aromatic N) is 1. The van der Waals surface area contributed by atoms with Gasteiger partial charge in [0.25, 0.3) is 0 Å². The lowest BCUT2D eigenvalue weighted by molar-refractivity contribution is -0.144. The molecule has 0 spiro atoms. The fourth-order valence-electron chi connectivity index (χ4n) is 4.93. The summed E-state index contributed by atoms with van der Waals surface area (Å²) in [6, 6.07) is 0. The van der Waals surface area contributed by atoms with Gasteiger partial charge in [-0.1, -0.05) is 0 Å². The molecule has 4 fully saturated rings. The quantitative estimate of drug-likeness (QED) is 0.749. The van der Waals surface area contributed by atoms with Crippen LogP contribution in [-0.4, -0.2) is 42.8 Å². The summed E-state index contributed by atoms with van der Waals surface area (Å²) in [6.07, 6.45) is 6.28. The Hall–Kier alpha value is -1.26. The molecule has 5 unspecified atom stereocenters. The fraction of sp³-hybridized carbons (Fsp3) is 0.875. The second kappa shape index (κ2) is 5.18. The van der Waals surface area contributed by atoms with Gasteiger partial charge < -0.3 is 14.4 Å². The van der Waals surface area contributed by atoms with Crippen LogP contribution in [0.15, 0.2) is 0 Å². The highest BCUT2D eigenvalue weighted by Crippen LogP contribution is 2.58. The van der Waals surface area contributed by atoms with E-state index in [0.717, 1.165) is 45.2 Å². The normalized spacial score (nSPS) is 40.5. The highest BCUT2D eigenvalue weighted by Gasteiger charge is 2.61. The number of carbonyl (C=O) groups excluding carboxylic acids is 2. The number of likely N-dealkylation sites (tertiary alicyclic amines) is 1. The summed E-state index contributed by atoms with van der Waals surface area (Å²) < 4.78 is 11.0. The van der Waals surface area contributed by atoms with Crippen molar-refractivity contribution in [1.29, 1.82) is 0 Å². The summed E-state index contributed by atoms with van der Waals surface area (Å²) in [5.41, 5.74) is 0. The molecule has 2 bridgehead atoms. The summed E-state index contributed by atoms with van der Waals surface area (Å²) in [7, 11) is 0. The highest BCUT2D eigenvalue weighted by atomic mass is 16.6. The predicted octanol–water partition coefficient (Wildman–Crippen LogP) is 2.20. The number of ether oxygens (including phenoxy) is 2. The zero-order valence-electron chi connectivity index (χ0n) is 12.3. The second-order valence-electron chi connectivity index (χ2n) is 7.02. The van der Waals surface area contributed by atoms with Gasteiger partial charge in [0.1, 0.15) is 6.10 Å². The van der Waals surface area contributed by atoms with E-state index < -0.39 is 0 Å². The third kappa shape index (κ3) is 2.21. The third-order valence-corrected chi connectivity index (χ3v) is 5.94. The van der Waals surface area contributed by atoms with E-state index in [1.54, 1.807) is 0 Å². The minimum Gasteiger partial charge on any atom is -0.462 e. The van der Waals surface area contributed by atoms with Gasteiger partial charge in [-0.2, -0.15) is 0 Å². The molecule has 4 aliphatic rings. The van der Waals surface area contributed by atoms with Crippen LogP contribution >= 0.6 is 0 Å². The number of carbonyl (C=O) groups is 2. The van der Waals surface area contributed by atoms with Gasteiger partial charge in [0.15, 0.2) is 0 Å². The molecule has 0 radical (unpaired) electrons. The molecule has 0 aromatic heterocycles. The Morgan fingerprint density at radius 1 is 1.24 bits per heavy atom. The molecule has 21 heavy (non-hydrogen) atoms. The molecule has 1 amide bonds. The highest BCUT2D eigenvalue weighted by molar-refractivity contribution is 5.76. The molecule has 2 saturated carbocycles. The maximum atomic E-state index is 12.0.